The van der Waals surface area contributed by atoms with Crippen molar-refractivity contribution in [1.29, 1.82) is 0 Å². The minimum atomic E-state index is -2.98. The molecule has 0 aromatic heterocycles. The van der Waals surface area contributed by atoms with E-state index in [4.69, 9.17) is 4.74 Å². The number of amides is 1. The lowest BCUT2D eigenvalue weighted by molar-refractivity contribution is 0.0941. The lowest BCUT2D eigenvalue weighted by Crippen LogP contribution is -2.35. The first-order valence-electron chi connectivity index (χ1n) is 6.66. The number of carbonyl (C=O) groups is 1. The molecule has 0 radical (unpaired) electrons. The molecule has 5 nitrogen and oxygen atoms in total. The summed E-state index contributed by atoms with van der Waals surface area (Å²) in [7, 11) is -2.98. The van der Waals surface area contributed by atoms with Gasteiger partial charge in [0, 0.05) is 11.6 Å². The van der Waals surface area contributed by atoms with Crippen LogP contribution >= 0.6 is 0 Å². The van der Waals surface area contributed by atoms with Crippen LogP contribution in [0.4, 0.5) is 0 Å². The van der Waals surface area contributed by atoms with Gasteiger partial charge in [0.15, 0.2) is 9.84 Å². The molecule has 1 atom stereocenters. The van der Waals surface area contributed by atoms with Gasteiger partial charge >= 0.3 is 0 Å². The number of hydrogen-bond acceptors (Lipinski definition) is 4. The van der Waals surface area contributed by atoms with Gasteiger partial charge in [-0.15, -0.1) is 0 Å². The number of carbonyl (C=O) groups excluding carboxylic acids is 1. The molecular formula is C14H19NO4S. The lowest BCUT2D eigenvalue weighted by atomic mass is 10.1. The van der Waals surface area contributed by atoms with E-state index in [0.29, 0.717) is 18.6 Å². The molecular weight excluding hydrogens is 278 g/mol. The Morgan fingerprint density at radius 3 is 2.75 bits per heavy atom. The predicted molar refractivity (Wildman–Crippen MR) is 76.9 cm³/mol. The number of ether oxygens (including phenoxy) is 1. The summed E-state index contributed by atoms with van der Waals surface area (Å²) in [5.74, 6) is 0.709. The van der Waals surface area contributed by atoms with Crippen molar-refractivity contribution < 1.29 is 17.9 Å². The lowest BCUT2D eigenvalue weighted by Gasteiger charge is -2.12. The van der Waals surface area contributed by atoms with Crippen molar-refractivity contribution in [3.8, 4) is 5.75 Å². The van der Waals surface area contributed by atoms with Gasteiger partial charge in [-0.2, -0.15) is 0 Å². The van der Waals surface area contributed by atoms with E-state index in [9.17, 15) is 13.2 Å². The molecule has 1 aliphatic heterocycles. The van der Waals surface area contributed by atoms with Crippen LogP contribution in [0.5, 0.6) is 5.75 Å². The normalized spacial score (nSPS) is 20.6. The van der Waals surface area contributed by atoms with E-state index in [0.717, 1.165) is 11.3 Å². The summed E-state index contributed by atoms with van der Waals surface area (Å²) in [6.07, 6.45) is 0.490. The van der Waals surface area contributed by atoms with Crippen LogP contribution in [0.15, 0.2) is 18.2 Å². The number of benzene rings is 1. The second-order valence-electron chi connectivity index (χ2n) is 4.99. The summed E-state index contributed by atoms with van der Waals surface area (Å²) in [5, 5.41) is 2.77. The highest BCUT2D eigenvalue weighted by atomic mass is 32.2. The molecule has 1 aromatic rings. The van der Waals surface area contributed by atoms with E-state index in [1.54, 1.807) is 18.2 Å². The molecule has 1 fully saturated rings. The van der Waals surface area contributed by atoms with Crippen molar-refractivity contribution >= 4 is 15.7 Å². The maximum absolute atomic E-state index is 12.1. The fraction of sp³-hybridized carbons (Fsp3) is 0.500. The first kappa shape index (κ1) is 14.8. The van der Waals surface area contributed by atoms with Crippen LogP contribution < -0.4 is 10.1 Å². The molecule has 20 heavy (non-hydrogen) atoms. The molecule has 1 heterocycles. The Bertz CT molecular complexity index is 610. The predicted octanol–water partition coefficient (Wildman–Crippen LogP) is 1.31. The van der Waals surface area contributed by atoms with Crippen LogP contribution in [0, 0.1) is 6.92 Å². The average molecular weight is 297 g/mol. The summed E-state index contributed by atoms with van der Waals surface area (Å²) in [5.41, 5.74) is 1.41. The quantitative estimate of drug-likeness (QED) is 0.909. The van der Waals surface area contributed by atoms with Crippen molar-refractivity contribution in [3.63, 3.8) is 0 Å². The first-order chi connectivity index (χ1) is 9.41. The second kappa shape index (κ2) is 5.83. The van der Waals surface area contributed by atoms with Crippen LogP contribution in [0.1, 0.15) is 29.3 Å². The summed E-state index contributed by atoms with van der Waals surface area (Å²) in [6.45, 7) is 4.36. The molecule has 1 amide bonds. The molecule has 1 unspecified atom stereocenters. The zero-order valence-electron chi connectivity index (χ0n) is 11.7. The molecule has 2 rings (SSSR count). The smallest absolute Gasteiger partial charge is 0.251 e. The molecule has 0 bridgehead atoms. The third-order valence-electron chi connectivity index (χ3n) is 3.30. The van der Waals surface area contributed by atoms with Crippen LogP contribution in [0.2, 0.25) is 0 Å². The van der Waals surface area contributed by atoms with Gasteiger partial charge in [-0.3, -0.25) is 4.79 Å². The third-order valence-corrected chi connectivity index (χ3v) is 5.07. The van der Waals surface area contributed by atoms with E-state index in [1.165, 1.54) is 0 Å². The zero-order valence-corrected chi connectivity index (χ0v) is 12.5. The molecule has 110 valence electrons. The zero-order chi connectivity index (χ0) is 14.8. The Balaban J connectivity index is 2.04. The van der Waals surface area contributed by atoms with Gasteiger partial charge in [-0.1, -0.05) is 0 Å². The highest BCUT2D eigenvalue weighted by Crippen LogP contribution is 2.19. The van der Waals surface area contributed by atoms with Crippen LogP contribution in [-0.4, -0.2) is 38.5 Å². The van der Waals surface area contributed by atoms with Crippen molar-refractivity contribution in [2.75, 3.05) is 18.1 Å². The van der Waals surface area contributed by atoms with Crippen LogP contribution in [0.3, 0.4) is 0 Å². The Morgan fingerprint density at radius 1 is 1.45 bits per heavy atom. The fourth-order valence-electron chi connectivity index (χ4n) is 2.29. The average Bonchev–Trinajstić information content (AvgIpc) is 2.71. The molecule has 1 N–H and O–H groups in total. The molecule has 1 saturated heterocycles. The third kappa shape index (κ3) is 3.50. The van der Waals surface area contributed by atoms with Gasteiger partial charge in [-0.05, 0) is 44.0 Å². The molecule has 0 saturated carbocycles. The van der Waals surface area contributed by atoms with Gasteiger partial charge in [0.25, 0.3) is 5.91 Å². The van der Waals surface area contributed by atoms with Gasteiger partial charge in [0.2, 0.25) is 0 Å². The largest absolute Gasteiger partial charge is 0.494 e. The summed E-state index contributed by atoms with van der Waals surface area (Å²) in [6, 6.07) is 4.93. The maximum Gasteiger partial charge on any atom is 0.251 e. The van der Waals surface area contributed by atoms with Crippen molar-refractivity contribution in [1.82, 2.24) is 5.32 Å². The number of hydrogen-bond donors (Lipinski definition) is 1. The van der Waals surface area contributed by atoms with Crippen molar-refractivity contribution in [3.05, 3.63) is 29.3 Å². The Kier molecular flexibility index (Phi) is 4.32. The first-order valence-corrected chi connectivity index (χ1v) is 8.48. The van der Waals surface area contributed by atoms with Crippen LogP contribution in [0.25, 0.3) is 0 Å². The number of aryl methyl sites for hydroxylation is 1. The van der Waals surface area contributed by atoms with E-state index in [-0.39, 0.29) is 23.5 Å². The topological polar surface area (TPSA) is 72.5 Å². The summed E-state index contributed by atoms with van der Waals surface area (Å²) >= 11 is 0. The van der Waals surface area contributed by atoms with Crippen molar-refractivity contribution in [2.24, 2.45) is 0 Å². The van der Waals surface area contributed by atoms with Gasteiger partial charge < -0.3 is 10.1 Å². The minimum absolute atomic E-state index is 0.0365. The fourth-order valence-corrected chi connectivity index (χ4v) is 3.96. The summed E-state index contributed by atoms with van der Waals surface area (Å²) in [4.78, 5) is 12.1. The Hall–Kier alpha value is -1.56. The van der Waals surface area contributed by atoms with E-state index in [2.05, 4.69) is 5.32 Å². The monoisotopic (exact) mass is 297 g/mol. The second-order valence-corrected chi connectivity index (χ2v) is 7.22. The summed E-state index contributed by atoms with van der Waals surface area (Å²) < 4.78 is 28.1. The molecule has 6 heteroatoms. The van der Waals surface area contributed by atoms with Gasteiger partial charge in [0.1, 0.15) is 5.75 Å². The van der Waals surface area contributed by atoms with Crippen molar-refractivity contribution in [2.45, 2.75) is 26.3 Å². The maximum atomic E-state index is 12.1. The van der Waals surface area contributed by atoms with Gasteiger partial charge in [-0.25, -0.2) is 8.42 Å². The standard InChI is InChI=1S/C14H19NO4S/c1-3-19-13-5-4-11(8-10(13)2)14(16)15-12-6-7-20(17,18)9-12/h4-5,8,12H,3,6-7,9H2,1-2H3,(H,15,16). The molecule has 1 aliphatic rings. The van der Waals surface area contributed by atoms with E-state index >= 15 is 0 Å². The number of rotatable bonds is 4. The highest BCUT2D eigenvalue weighted by molar-refractivity contribution is 7.91. The minimum Gasteiger partial charge on any atom is -0.494 e. The Labute approximate surface area is 119 Å². The Morgan fingerprint density at radius 2 is 2.20 bits per heavy atom. The van der Waals surface area contributed by atoms with E-state index < -0.39 is 9.84 Å². The number of nitrogens with one attached hydrogen (secondary N) is 1. The molecule has 1 aromatic carbocycles. The molecule has 0 spiro atoms. The van der Waals surface area contributed by atoms with Crippen LogP contribution in [-0.2, 0) is 9.84 Å². The molecule has 0 aliphatic carbocycles. The number of sulfone groups is 1. The van der Waals surface area contributed by atoms with E-state index in [1.807, 2.05) is 13.8 Å². The van der Waals surface area contributed by atoms with Gasteiger partial charge in [0.05, 0.1) is 18.1 Å². The SMILES string of the molecule is CCOc1ccc(C(=O)NC2CCS(=O)(=O)C2)cc1C. The highest BCUT2D eigenvalue weighted by Gasteiger charge is 2.29.